The number of hydrogen-bond acceptors (Lipinski definition) is 3. The molecule has 0 unspecified atom stereocenters. The predicted molar refractivity (Wildman–Crippen MR) is 127 cm³/mol. The van der Waals surface area contributed by atoms with Crippen LogP contribution in [0.1, 0.15) is 31.2 Å². The number of halogens is 3. The van der Waals surface area contributed by atoms with Gasteiger partial charge in [0.25, 0.3) is 0 Å². The van der Waals surface area contributed by atoms with Crippen LogP contribution >= 0.6 is 0 Å². The van der Waals surface area contributed by atoms with E-state index < -0.39 is 11.7 Å². The smallest absolute Gasteiger partial charge is 0.396 e. The molecule has 2 aromatic carbocycles. The minimum atomic E-state index is -4.38. The highest BCUT2D eigenvalue weighted by Crippen LogP contribution is 2.33. The van der Waals surface area contributed by atoms with Crippen LogP contribution in [0.2, 0.25) is 0 Å². The Morgan fingerprint density at radius 2 is 1.83 bits per heavy atom. The van der Waals surface area contributed by atoms with E-state index in [1.54, 1.807) is 18.6 Å². The molecule has 9 heteroatoms. The molecule has 3 N–H and O–H groups in total. The topological polar surface area (TPSA) is 82.9 Å². The highest BCUT2D eigenvalue weighted by atomic mass is 19.4. The number of carbonyl (C=O) groups is 1. The summed E-state index contributed by atoms with van der Waals surface area (Å²) in [5, 5.41) is 17.5. The number of aromatic amines is 1. The van der Waals surface area contributed by atoms with Crippen LogP contribution in [0.3, 0.4) is 0 Å². The van der Waals surface area contributed by atoms with Gasteiger partial charge in [0.2, 0.25) is 5.91 Å². The number of nitrogens with one attached hydrogen (secondary N) is 2. The Labute approximate surface area is 199 Å². The van der Waals surface area contributed by atoms with Crippen LogP contribution in [0, 0.1) is 11.8 Å². The van der Waals surface area contributed by atoms with Gasteiger partial charge in [0.05, 0.1) is 23.1 Å². The van der Waals surface area contributed by atoms with Crippen LogP contribution in [0.15, 0.2) is 61.1 Å². The second kappa shape index (κ2) is 9.22. The Balaban J connectivity index is 1.34. The molecule has 6 nitrogen and oxygen atoms in total. The standard InChI is InChI=1S/C26H25F3N4O2/c27-26(28,29)20-6-8-21(9-7-20)33-14-19(12-31-33)18-5-10-23-22(11-18)24(13-30-23)32-25(35)17-3-1-16(15-34)2-4-17/h5-14,16-17,30,34H,1-4,15H2,(H,32,35). The van der Waals surface area contributed by atoms with Crippen LogP contribution in [-0.4, -0.2) is 32.4 Å². The first-order valence-electron chi connectivity index (χ1n) is 11.6. The number of amides is 1. The normalized spacial score (nSPS) is 18.6. The van der Waals surface area contributed by atoms with Gasteiger partial charge in [0.15, 0.2) is 0 Å². The molecule has 0 spiro atoms. The van der Waals surface area contributed by atoms with Crippen molar-refractivity contribution in [3.63, 3.8) is 0 Å². The minimum Gasteiger partial charge on any atom is -0.396 e. The third kappa shape index (κ3) is 4.81. The summed E-state index contributed by atoms with van der Waals surface area (Å²) < 4.78 is 40.0. The van der Waals surface area contributed by atoms with E-state index in [1.165, 1.54) is 16.8 Å². The van der Waals surface area contributed by atoms with Gasteiger partial charge in [-0.25, -0.2) is 4.68 Å². The molecule has 1 aliphatic carbocycles. The number of nitrogens with zero attached hydrogens (tertiary/aromatic N) is 2. The fourth-order valence-electron chi connectivity index (χ4n) is 4.66. The molecule has 0 bridgehead atoms. The summed E-state index contributed by atoms with van der Waals surface area (Å²) in [6.45, 7) is 0.176. The number of hydrogen-bond donors (Lipinski definition) is 3. The van der Waals surface area contributed by atoms with Crippen molar-refractivity contribution in [3.05, 3.63) is 66.6 Å². The molecule has 1 amide bonds. The van der Waals surface area contributed by atoms with E-state index in [2.05, 4.69) is 15.4 Å². The molecule has 0 radical (unpaired) electrons. The van der Waals surface area contributed by atoms with Crippen LogP contribution in [0.4, 0.5) is 18.9 Å². The fraction of sp³-hybridized carbons (Fsp3) is 0.308. The summed E-state index contributed by atoms with van der Waals surface area (Å²) in [5.41, 5.74) is 3.06. The molecule has 182 valence electrons. The molecular weight excluding hydrogens is 457 g/mol. The molecule has 0 saturated heterocycles. The molecule has 1 aliphatic rings. The quantitative estimate of drug-likeness (QED) is 0.337. The number of aromatic nitrogens is 3. The Morgan fingerprint density at radius 1 is 1.09 bits per heavy atom. The maximum atomic E-state index is 12.8. The number of anilines is 1. The molecule has 35 heavy (non-hydrogen) atoms. The van der Waals surface area contributed by atoms with Crippen LogP contribution in [-0.2, 0) is 11.0 Å². The Bertz CT molecular complexity index is 1330. The molecule has 0 aliphatic heterocycles. The van der Waals surface area contributed by atoms with Crippen molar-refractivity contribution in [2.45, 2.75) is 31.9 Å². The number of aliphatic hydroxyl groups excluding tert-OH is 1. The second-order valence-electron chi connectivity index (χ2n) is 9.07. The summed E-state index contributed by atoms with van der Waals surface area (Å²) in [7, 11) is 0. The van der Waals surface area contributed by atoms with Crippen molar-refractivity contribution in [1.29, 1.82) is 0 Å². The molecule has 5 rings (SSSR count). The van der Waals surface area contributed by atoms with E-state index in [-0.39, 0.29) is 24.3 Å². The van der Waals surface area contributed by atoms with E-state index in [9.17, 15) is 23.1 Å². The molecule has 4 aromatic rings. The summed E-state index contributed by atoms with van der Waals surface area (Å²) in [5.74, 6) is 0.217. The van der Waals surface area contributed by atoms with E-state index in [4.69, 9.17) is 0 Å². The Hall–Kier alpha value is -3.59. The molecule has 1 saturated carbocycles. The number of aliphatic hydroxyl groups is 1. The minimum absolute atomic E-state index is 0.0113. The third-order valence-corrected chi connectivity index (χ3v) is 6.79. The molecule has 2 aromatic heterocycles. The predicted octanol–water partition coefficient (Wildman–Crippen LogP) is 5.78. The lowest BCUT2D eigenvalue weighted by Crippen LogP contribution is -2.28. The lowest BCUT2D eigenvalue weighted by molar-refractivity contribution is -0.137. The number of benzene rings is 2. The van der Waals surface area contributed by atoms with Crippen LogP contribution in [0.25, 0.3) is 27.7 Å². The number of alkyl halides is 3. The summed E-state index contributed by atoms with van der Waals surface area (Å²) in [4.78, 5) is 16.0. The van der Waals surface area contributed by atoms with Crippen molar-refractivity contribution < 1.29 is 23.1 Å². The first-order valence-corrected chi connectivity index (χ1v) is 11.6. The number of H-pyrrole nitrogens is 1. The average Bonchev–Trinajstić information content (AvgIpc) is 3.51. The molecule has 2 heterocycles. The maximum absolute atomic E-state index is 12.8. The van der Waals surface area contributed by atoms with Gasteiger partial charge in [-0.2, -0.15) is 18.3 Å². The molecule has 1 fully saturated rings. The number of fused-ring (bicyclic) bond motifs is 1. The van der Waals surface area contributed by atoms with E-state index in [1.807, 2.05) is 18.2 Å². The lowest BCUT2D eigenvalue weighted by atomic mass is 9.82. The lowest BCUT2D eigenvalue weighted by Gasteiger charge is -2.26. The van der Waals surface area contributed by atoms with Crippen molar-refractivity contribution in [2.75, 3.05) is 11.9 Å². The van der Waals surface area contributed by atoms with E-state index in [0.717, 1.165) is 59.8 Å². The SMILES string of the molecule is O=C(Nc1c[nH]c2ccc(-c3cnn(-c4ccc(C(F)(F)F)cc4)c3)cc12)C1CCC(CO)CC1. The van der Waals surface area contributed by atoms with Gasteiger partial charge >= 0.3 is 6.18 Å². The maximum Gasteiger partial charge on any atom is 0.416 e. The first kappa shape index (κ1) is 23.2. The van der Waals surface area contributed by atoms with Gasteiger partial charge in [-0.1, -0.05) is 6.07 Å². The summed E-state index contributed by atoms with van der Waals surface area (Å²) in [6.07, 6.45) is 4.06. The second-order valence-corrected chi connectivity index (χ2v) is 9.07. The van der Waals surface area contributed by atoms with Crippen molar-refractivity contribution in [3.8, 4) is 16.8 Å². The Morgan fingerprint density at radius 3 is 2.51 bits per heavy atom. The van der Waals surface area contributed by atoms with Crippen molar-refractivity contribution in [1.82, 2.24) is 14.8 Å². The zero-order valence-corrected chi connectivity index (χ0v) is 18.8. The number of rotatable bonds is 5. The zero-order valence-electron chi connectivity index (χ0n) is 18.8. The van der Waals surface area contributed by atoms with Crippen molar-refractivity contribution in [2.24, 2.45) is 11.8 Å². The number of carbonyl (C=O) groups excluding carboxylic acids is 1. The van der Waals surface area contributed by atoms with Gasteiger partial charge in [-0.15, -0.1) is 0 Å². The average molecular weight is 483 g/mol. The first-order chi connectivity index (χ1) is 16.8. The highest BCUT2D eigenvalue weighted by Gasteiger charge is 2.30. The van der Waals surface area contributed by atoms with Crippen molar-refractivity contribution >= 4 is 22.5 Å². The zero-order chi connectivity index (χ0) is 24.6. The van der Waals surface area contributed by atoms with E-state index >= 15 is 0 Å². The van der Waals surface area contributed by atoms with Gasteiger partial charge in [0, 0.05) is 41.4 Å². The largest absolute Gasteiger partial charge is 0.416 e. The molecule has 0 atom stereocenters. The third-order valence-electron chi connectivity index (χ3n) is 6.79. The van der Waals surface area contributed by atoms with Gasteiger partial charge < -0.3 is 15.4 Å². The monoisotopic (exact) mass is 482 g/mol. The van der Waals surface area contributed by atoms with Crippen LogP contribution < -0.4 is 5.32 Å². The highest BCUT2D eigenvalue weighted by molar-refractivity contribution is 6.03. The van der Waals surface area contributed by atoms with Gasteiger partial charge in [-0.05, 0) is 73.6 Å². The summed E-state index contributed by atoms with van der Waals surface area (Å²) in [6, 6.07) is 10.6. The van der Waals surface area contributed by atoms with E-state index in [0.29, 0.717) is 11.4 Å². The van der Waals surface area contributed by atoms with Gasteiger partial charge in [-0.3, -0.25) is 4.79 Å². The summed E-state index contributed by atoms with van der Waals surface area (Å²) >= 11 is 0. The molecular formula is C26H25F3N4O2. The fourth-order valence-corrected chi connectivity index (χ4v) is 4.66. The Kier molecular flexibility index (Phi) is 6.10. The van der Waals surface area contributed by atoms with Crippen LogP contribution in [0.5, 0.6) is 0 Å². The van der Waals surface area contributed by atoms with Gasteiger partial charge in [0.1, 0.15) is 0 Å².